The van der Waals surface area contributed by atoms with Crippen LogP contribution in [0.15, 0.2) is 6.20 Å². The molecule has 0 spiro atoms. The van der Waals surface area contributed by atoms with Crippen molar-refractivity contribution >= 4 is 5.91 Å². The number of nitrogens with zero attached hydrogens (tertiary/aromatic N) is 2. The van der Waals surface area contributed by atoms with E-state index in [1.807, 2.05) is 0 Å². The molecule has 2 rings (SSSR count). The summed E-state index contributed by atoms with van der Waals surface area (Å²) in [5.74, 6) is -0.273. The number of likely N-dealkylation sites (tertiary alicyclic amines) is 1. The highest BCUT2D eigenvalue weighted by Gasteiger charge is 2.35. The Kier molecular flexibility index (Phi) is 2.91. The molecular weight excluding hydrogens is 213 g/mol. The monoisotopic (exact) mass is 227 g/mol. The van der Waals surface area contributed by atoms with Crippen molar-refractivity contribution in [2.45, 2.75) is 25.6 Å². The third-order valence-corrected chi connectivity index (χ3v) is 2.90. The van der Waals surface area contributed by atoms with Crippen LogP contribution in [0.4, 0.5) is 4.39 Å². The van der Waals surface area contributed by atoms with Crippen LogP contribution in [0.3, 0.4) is 0 Å². The van der Waals surface area contributed by atoms with Crippen LogP contribution in [-0.2, 0) is 0 Å². The predicted molar refractivity (Wildman–Crippen MR) is 54.7 cm³/mol. The zero-order chi connectivity index (χ0) is 11.7. The summed E-state index contributed by atoms with van der Waals surface area (Å²) in [5.41, 5.74) is 1.09. The molecule has 0 unspecified atom stereocenters. The summed E-state index contributed by atoms with van der Waals surface area (Å²) in [6, 6.07) is -0.420. The summed E-state index contributed by atoms with van der Waals surface area (Å²) in [5, 5.41) is 15.5. The SMILES string of the molecule is Cc1[nH]ncc1C(=O)N1C[C@@H](F)C[C@H]1CO. The maximum absolute atomic E-state index is 13.2. The molecule has 0 bridgehead atoms. The van der Waals surface area contributed by atoms with Crippen molar-refractivity contribution in [3.63, 3.8) is 0 Å². The molecule has 0 saturated carbocycles. The number of aromatic amines is 1. The normalized spacial score (nSPS) is 25.1. The number of carbonyl (C=O) groups excluding carboxylic acids is 1. The van der Waals surface area contributed by atoms with Crippen LogP contribution < -0.4 is 0 Å². The van der Waals surface area contributed by atoms with Crippen molar-refractivity contribution in [2.75, 3.05) is 13.2 Å². The lowest BCUT2D eigenvalue weighted by atomic mass is 10.2. The van der Waals surface area contributed by atoms with Gasteiger partial charge in [-0.1, -0.05) is 0 Å². The Hall–Kier alpha value is -1.43. The van der Waals surface area contributed by atoms with Gasteiger partial charge in [0.05, 0.1) is 31.0 Å². The Morgan fingerprint density at radius 3 is 3.12 bits per heavy atom. The van der Waals surface area contributed by atoms with Crippen LogP contribution >= 0.6 is 0 Å². The number of halogens is 1. The van der Waals surface area contributed by atoms with Gasteiger partial charge in [-0.2, -0.15) is 5.10 Å². The number of amides is 1. The van der Waals surface area contributed by atoms with E-state index in [0.717, 1.165) is 0 Å². The fourth-order valence-corrected chi connectivity index (χ4v) is 2.00. The van der Waals surface area contributed by atoms with Gasteiger partial charge in [0.15, 0.2) is 0 Å². The molecule has 1 fully saturated rings. The molecule has 1 aromatic heterocycles. The maximum Gasteiger partial charge on any atom is 0.257 e. The Labute approximate surface area is 92.3 Å². The van der Waals surface area contributed by atoms with Crippen LogP contribution in [0, 0.1) is 6.92 Å². The van der Waals surface area contributed by atoms with E-state index in [-0.39, 0.29) is 25.5 Å². The van der Waals surface area contributed by atoms with Crippen molar-refractivity contribution in [3.05, 3.63) is 17.5 Å². The van der Waals surface area contributed by atoms with Crippen molar-refractivity contribution in [1.82, 2.24) is 15.1 Å². The highest BCUT2D eigenvalue weighted by molar-refractivity contribution is 5.95. The summed E-state index contributed by atoms with van der Waals surface area (Å²) in [6.45, 7) is 1.58. The van der Waals surface area contributed by atoms with Crippen LogP contribution in [-0.4, -0.2) is 51.5 Å². The van der Waals surface area contributed by atoms with Gasteiger partial charge in [0, 0.05) is 12.1 Å². The number of hydrogen-bond donors (Lipinski definition) is 2. The zero-order valence-corrected chi connectivity index (χ0v) is 8.98. The van der Waals surface area contributed by atoms with E-state index in [2.05, 4.69) is 10.2 Å². The molecular formula is C10H14FN3O2. The van der Waals surface area contributed by atoms with Crippen molar-refractivity contribution < 1.29 is 14.3 Å². The van der Waals surface area contributed by atoms with E-state index in [1.54, 1.807) is 6.92 Å². The van der Waals surface area contributed by atoms with Gasteiger partial charge in [-0.15, -0.1) is 0 Å². The van der Waals surface area contributed by atoms with Crippen molar-refractivity contribution in [3.8, 4) is 0 Å². The molecule has 2 atom stereocenters. The minimum absolute atomic E-state index is 0.0503. The van der Waals surface area contributed by atoms with E-state index < -0.39 is 12.2 Å². The minimum Gasteiger partial charge on any atom is -0.394 e. The molecule has 6 heteroatoms. The molecule has 0 radical (unpaired) electrons. The van der Waals surface area contributed by atoms with Gasteiger partial charge in [-0.05, 0) is 6.92 Å². The smallest absolute Gasteiger partial charge is 0.257 e. The number of nitrogens with one attached hydrogen (secondary N) is 1. The third kappa shape index (κ3) is 1.80. The number of rotatable bonds is 2. The van der Waals surface area contributed by atoms with E-state index in [4.69, 9.17) is 5.11 Å². The number of carbonyl (C=O) groups is 1. The van der Waals surface area contributed by atoms with Gasteiger partial charge in [0.25, 0.3) is 5.91 Å². The number of hydrogen-bond acceptors (Lipinski definition) is 3. The first kappa shape index (κ1) is 11.1. The zero-order valence-electron chi connectivity index (χ0n) is 8.98. The van der Waals surface area contributed by atoms with Crippen molar-refractivity contribution in [1.29, 1.82) is 0 Å². The van der Waals surface area contributed by atoms with E-state index in [0.29, 0.717) is 11.3 Å². The van der Waals surface area contributed by atoms with Crippen LogP contribution in [0.1, 0.15) is 22.5 Å². The molecule has 88 valence electrons. The lowest BCUT2D eigenvalue weighted by Gasteiger charge is -2.22. The summed E-state index contributed by atoms with van der Waals surface area (Å²) >= 11 is 0. The lowest BCUT2D eigenvalue weighted by Crippen LogP contribution is -2.38. The van der Waals surface area contributed by atoms with Crippen LogP contribution in [0.25, 0.3) is 0 Å². The average Bonchev–Trinajstić information content (AvgIpc) is 2.83. The molecule has 2 heterocycles. The van der Waals surface area contributed by atoms with Gasteiger partial charge >= 0.3 is 0 Å². The summed E-state index contributed by atoms with van der Waals surface area (Å²) in [7, 11) is 0. The molecule has 1 amide bonds. The largest absolute Gasteiger partial charge is 0.394 e. The molecule has 1 aliphatic heterocycles. The second kappa shape index (κ2) is 4.21. The van der Waals surface area contributed by atoms with Crippen LogP contribution in [0.2, 0.25) is 0 Å². The lowest BCUT2D eigenvalue weighted by molar-refractivity contribution is 0.0672. The predicted octanol–water partition coefficient (Wildman–Crippen LogP) is 0.263. The van der Waals surface area contributed by atoms with Gasteiger partial charge in [0.1, 0.15) is 6.17 Å². The molecule has 1 saturated heterocycles. The van der Waals surface area contributed by atoms with Gasteiger partial charge in [-0.3, -0.25) is 9.89 Å². The average molecular weight is 227 g/mol. The van der Waals surface area contributed by atoms with E-state index in [1.165, 1.54) is 11.1 Å². The standard InChI is InChI=1S/C10H14FN3O2/c1-6-9(3-12-13-6)10(16)14-4-7(11)2-8(14)5-15/h3,7-8,15H,2,4-5H2,1H3,(H,12,13)/t7-,8-/m0/s1. The second-order valence-corrected chi connectivity index (χ2v) is 4.04. The number of aliphatic hydroxyl groups is 1. The molecule has 0 aromatic carbocycles. The Morgan fingerprint density at radius 2 is 2.56 bits per heavy atom. The topological polar surface area (TPSA) is 69.2 Å². The maximum atomic E-state index is 13.2. The first-order valence-electron chi connectivity index (χ1n) is 5.19. The number of aromatic nitrogens is 2. The molecule has 16 heavy (non-hydrogen) atoms. The second-order valence-electron chi connectivity index (χ2n) is 4.04. The summed E-state index contributed by atoms with van der Waals surface area (Å²) in [6.07, 6.45) is 0.588. The number of H-pyrrole nitrogens is 1. The van der Waals surface area contributed by atoms with Crippen molar-refractivity contribution in [2.24, 2.45) is 0 Å². The Balaban J connectivity index is 2.19. The highest BCUT2D eigenvalue weighted by atomic mass is 19.1. The molecule has 1 aliphatic rings. The van der Waals surface area contributed by atoms with Crippen LogP contribution in [0.5, 0.6) is 0 Å². The Morgan fingerprint density at radius 1 is 1.81 bits per heavy atom. The third-order valence-electron chi connectivity index (χ3n) is 2.90. The molecule has 1 aromatic rings. The van der Waals surface area contributed by atoms with Gasteiger partial charge in [0.2, 0.25) is 0 Å². The Bertz CT molecular complexity index is 393. The fourth-order valence-electron chi connectivity index (χ4n) is 2.00. The molecule has 5 nitrogen and oxygen atoms in total. The molecule has 2 N–H and O–H groups in total. The minimum atomic E-state index is -1.05. The molecule has 0 aliphatic carbocycles. The van der Waals surface area contributed by atoms with E-state index >= 15 is 0 Å². The summed E-state index contributed by atoms with van der Waals surface area (Å²) in [4.78, 5) is 13.4. The fraction of sp³-hybridized carbons (Fsp3) is 0.600. The van der Waals surface area contributed by atoms with E-state index in [9.17, 15) is 9.18 Å². The first-order chi connectivity index (χ1) is 7.63. The van der Waals surface area contributed by atoms with Gasteiger partial charge < -0.3 is 10.0 Å². The van der Waals surface area contributed by atoms with Gasteiger partial charge in [-0.25, -0.2) is 4.39 Å². The number of aliphatic hydroxyl groups excluding tert-OH is 1. The quantitative estimate of drug-likeness (QED) is 0.761. The number of aryl methyl sites for hydroxylation is 1. The first-order valence-corrected chi connectivity index (χ1v) is 5.19. The number of alkyl halides is 1. The highest BCUT2D eigenvalue weighted by Crippen LogP contribution is 2.22. The summed E-state index contributed by atoms with van der Waals surface area (Å²) < 4.78 is 13.2.